The molecule has 0 N–H and O–H groups in total. The second-order valence-corrected chi connectivity index (χ2v) is 6.77. The van der Waals surface area contributed by atoms with E-state index in [-0.39, 0.29) is 11.8 Å². The summed E-state index contributed by atoms with van der Waals surface area (Å²) in [6.07, 6.45) is 0.323. The van der Waals surface area contributed by atoms with Crippen molar-refractivity contribution in [2.24, 2.45) is 0 Å². The minimum atomic E-state index is -0.147. The predicted molar refractivity (Wildman–Crippen MR) is 104 cm³/mol. The Bertz CT molecular complexity index is 1010. The first-order valence-corrected chi connectivity index (χ1v) is 9.02. The lowest BCUT2D eigenvalue weighted by Gasteiger charge is -2.18. The molecule has 2 aromatic carbocycles. The number of carbonyl (C=O) groups excluding carboxylic acids is 1. The van der Waals surface area contributed by atoms with Crippen LogP contribution in [-0.4, -0.2) is 36.8 Å². The van der Waals surface area contributed by atoms with Gasteiger partial charge in [-0.15, -0.1) is 0 Å². The van der Waals surface area contributed by atoms with Crippen LogP contribution in [0.3, 0.4) is 0 Å². The quantitative estimate of drug-likeness (QED) is 0.674. The van der Waals surface area contributed by atoms with Gasteiger partial charge in [0.25, 0.3) is 0 Å². The smallest absolute Gasteiger partial charge is 0.232 e. The van der Waals surface area contributed by atoms with Crippen molar-refractivity contribution >= 4 is 11.6 Å². The van der Waals surface area contributed by atoms with Crippen LogP contribution >= 0.6 is 0 Å². The maximum absolute atomic E-state index is 12.6. The van der Waals surface area contributed by atoms with Crippen molar-refractivity contribution in [1.82, 2.24) is 10.1 Å². The fourth-order valence-corrected chi connectivity index (χ4v) is 3.42. The molecule has 1 fully saturated rings. The molecule has 1 atom stereocenters. The molecule has 0 saturated carbocycles. The van der Waals surface area contributed by atoms with E-state index in [0.29, 0.717) is 36.2 Å². The van der Waals surface area contributed by atoms with Crippen LogP contribution < -0.4 is 14.4 Å². The number of rotatable bonds is 5. The van der Waals surface area contributed by atoms with Crippen LogP contribution in [0.5, 0.6) is 11.5 Å². The highest BCUT2D eigenvalue weighted by Gasteiger charge is 2.35. The number of nitrogens with zero attached hydrogens (tertiary/aromatic N) is 3. The lowest BCUT2D eigenvalue weighted by atomic mass is 10.1. The van der Waals surface area contributed by atoms with Crippen LogP contribution in [0, 0.1) is 6.92 Å². The highest BCUT2D eigenvalue weighted by molar-refractivity contribution is 5.96. The molecule has 1 amide bonds. The lowest BCUT2D eigenvalue weighted by Crippen LogP contribution is -2.24. The number of hydrogen-bond acceptors (Lipinski definition) is 6. The molecule has 2 heterocycles. The first-order chi connectivity index (χ1) is 13.6. The summed E-state index contributed by atoms with van der Waals surface area (Å²) in [6, 6.07) is 13.3. The van der Waals surface area contributed by atoms with E-state index >= 15 is 0 Å². The molecule has 0 radical (unpaired) electrons. The standard InChI is InChI=1S/C21H21N3O4/c1-13-5-4-6-14(9-13)20-22-21(28-23-20)15-10-19(25)24(12-15)16-7-8-17(26-2)18(11-16)27-3/h4-9,11,15H,10,12H2,1-3H3/t15-/m1/s1. The molecule has 3 aromatic rings. The molecule has 0 spiro atoms. The highest BCUT2D eigenvalue weighted by atomic mass is 16.5. The maximum Gasteiger partial charge on any atom is 0.232 e. The van der Waals surface area contributed by atoms with Gasteiger partial charge < -0.3 is 18.9 Å². The average Bonchev–Trinajstić information content (AvgIpc) is 3.34. The van der Waals surface area contributed by atoms with E-state index in [0.717, 1.165) is 16.8 Å². The second-order valence-electron chi connectivity index (χ2n) is 6.77. The van der Waals surface area contributed by atoms with E-state index < -0.39 is 0 Å². The Labute approximate surface area is 162 Å². The minimum Gasteiger partial charge on any atom is -0.493 e. The molecule has 4 rings (SSSR count). The van der Waals surface area contributed by atoms with Gasteiger partial charge in [0.15, 0.2) is 11.5 Å². The number of hydrogen-bond donors (Lipinski definition) is 0. The van der Waals surface area contributed by atoms with E-state index in [9.17, 15) is 4.79 Å². The Kier molecular flexibility index (Phi) is 4.73. The van der Waals surface area contributed by atoms with Crippen molar-refractivity contribution in [2.45, 2.75) is 19.3 Å². The number of aryl methyl sites for hydroxylation is 1. The largest absolute Gasteiger partial charge is 0.493 e. The van der Waals surface area contributed by atoms with Gasteiger partial charge in [0.05, 0.1) is 20.1 Å². The number of amides is 1. The van der Waals surface area contributed by atoms with Crippen molar-refractivity contribution in [3.63, 3.8) is 0 Å². The summed E-state index contributed by atoms with van der Waals surface area (Å²) in [5, 5.41) is 4.09. The van der Waals surface area contributed by atoms with Gasteiger partial charge in [-0.05, 0) is 25.1 Å². The fourth-order valence-electron chi connectivity index (χ4n) is 3.42. The molecule has 1 aliphatic heterocycles. The molecule has 0 bridgehead atoms. The maximum atomic E-state index is 12.6. The third-order valence-corrected chi connectivity index (χ3v) is 4.87. The van der Waals surface area contributed by atoms with Crippen molar-refractivity contribution in [2.75, 3.05) is 25.7 Å². The summed E-state index contributed by atoms with van der Waals surface area (Å²) in [6.45, 7) is 2.49. The van der Waals surface area contributed by atoms with Crippen molar-refractivity contribution < 1.29 is 18.8 Å². The lowest BCUT2D eigenvalue weighted by molar-refractivity contribution is -0.117. The third-order valence-electron chi connectivity index (χ3n) is 4.87. The zero-order valence-corrected chi connectivity index (χ0v) is 16.0. The zero-order valence-electron chi connectivity index (χ0n) is 16.0. The first-order valence-electron chi connectivity index (χ1n) is 9.02. The zero-order chi connectivity index (χ0) is 19.7. The van der Waals surface area contributed by atoms with E-state index in [1.165, 1.54) is 0 Å². The second kappa shape index (κ2) is 7.34. The third kappa shape index (κ3) is 3.31. The van der Waals surface area contributed by atoms with E-state index in [1.807, 2.05) is 37.3 Å². The Morgan fingerprint density at radius 2 is 1.93 bits per heavy atom. The average molecular weight is 379 g/mol. The summed E-state index contributed by atoms with van der Waals surface area (Å²) >= 11 is 0. The molecule has 7 heteroatoms. The van der Waals surface area contributed by atoms with Gasteiger partial charge in [0.1, 0.15) is 0 Å². The first kappa shape index (κ1) is 18.0. The summed E-state index contributed by atoms with van der Waals surface area (Å²) in [5.41, 5.74) is 2.78. The minimum absolute atomic E-state index is 0.00697. The number of anilines is 1. The summed E-state index contributed by atoms with van der Waals surface area (Å²) in [4.78, 5) is 18.8. The van der Waals surface area contributed by atoms with Gasteiger partial charge >= 0.3 is 0 Å². The Morgan fingerprint density at radius 3 is 2.68 bits per heavy atom. The Balaban J connectivity index is 1.56. The Hall–Kier alpha value is -3.35. The van der Waals surface area contributed by atoms with Gasteiger partial charge in [-0.3, -0.25) is 4.79 Å². The van der Waals surface area contributed by atoms with Crippen LogP contribution in [0.15, 0.2) is 47.0 Å². The van der Waals surface area contributed by atoms with Crippen LogP contribution in [-0.2, 0) is 4.79 Å². The molecule has 1 aliphatic rings. The number of carbonyl (C=O) groups is 1. The molecule has 7 nitrogen and oxygen atoms in total. The number of methoxy groups -OCH3 is 2. The van der Waals surface area contributed by atoms with Crippen LogP contribution in [0.2, 0.25) is 0 Å². The monoisotopic (exact) mass is 379 g/mol. The van der Waals surface area contributed by atoms with Gasteiger partial charge in [0.2, 0.25) is 17.6 Å². The van der Waals surface area contributed by atoms with Crippen LogP contribution in [0.4, 0.5) is 5.69 Å². The molecule has 144 valence electrons. The molecular weight excluding hydrogens is 358 g/mol. The topological polar surface area (TPSA) is 77.7 Å². The van der Waals surface area contributed by atoms with Crippen LogP contribution in [0.1, 0.15) is 23.8 Å². The summed E-state index contributed by atoms with van der Waals surface area (Å²) in [7, 11) is 3.15. The van der Waals surface area contributed by atoms with E-state index in [2.05, 4.69) is 10.1 Å². The molecule has 1 aromatic heterocycles. The number of ether oxygens (including phenoxy) is 2. The van der Waals surface area contributed by atoms with Gasteiger partial charge in [-0.2, -0.15) is 4.98 Å². The SMILES string of the molecule is COc1ccc(N2C[C@H](c3nc(-c4cccc(C)c4)no3)CC2=O)cc1OC. The molecule has 28 heavy (non-hydrogen) atoms. The fraction of sp³-hybridized carbons (Fsp3) is 0.286. The van der Waals surface area contributed by atoms with E-state index in [1.54, 1.807) is 31.3 Å². The summed E-state index contributed by atoms with van der Waals surface area (Å²) < 4.78 is 16.1. The van der Waals surface area contributed by atoms with E-state index in [4.69, 9.17) is 14.0 Å². The molecule has 1 saturated heterocycles. The predicted octanol–water partition coefficient (Wildman–Crippen LogP) is 3.58. The van der Waals surface area contributed by atoms with Crippen molar-refractivity contribution in [3.8, 4) is 22.9 Å². The van der Waals surface area contributed by atoms with Gasteiger partial charge in [0, 0.05) is 30.3 Å². The molecule has 0 aliphatic carbocycles. The van der Waals surface area contributed by atoms with Crippen molar-refractivity contribution in [1.29, 1.82) is 0 Å². The number of aromatic nitrogens is 2. The van der Waals surface area contributed by atoms with Crippen molar-refractivity contribution in [3.05, 3.63) is 53.9 Å². The molecular formula is C21H21N3O4. The summed E-state index contributed by atoms with van der Waals surface area (Å²) in [5.74, 6) is 2.08. The molecule has 0 unspecified atom stereocenters. The normalized spacial score (nSPS) is 16.5. The van der Waals surface area contributed by atoms with Crippen LogP contribution in [0.25, 0.3) is 11.4 Å². The van der Waals surface area contributed by atoms with Gasteiger partial charge in [-0.25, -0.2) is 0 Å². The number of benzene rings is 2. The Morgan fingerprint density at radius 1 is 1.11 bits per heavy atom. The van der Waals surface area contributed by atoms with Gasteiger partial charge in [-0.1, -0.05) is 28.9 Å². The highest BCUT2D eigenvalue weighted by Crippen LogP contribution is 2.36.